The van der Waals surface area contributed by atoms with Gasteiger partial charge < -0.3 is 21.7 Å². The number of nitrogens with one attached hydrogen (secondary N) is 3. The SMILES string of the molecule is CCC(N)=O.O=C(Nc1ccncc1F)c1cnc2c(NC3CC3)cc(NC3CCCCC3)nn12. The molecule has 0 aliphatic heterocycles. The summed E-state index contributed by atoms with van der Waals surface area (Å²) in [6.07, 6.45) is 12.6. The van der Waals surface area contributed by atoms with E-state index >= 15 is 0 Å². The number of pyridine rings is 1. The molecule has 0 aromatic carbocycles. The Balaban J connectivity index is 0.000000527. The monoisotopic (exact) mass is 482 g/mol. The molecule has 2 aliphatic carbocycles. The van der Waals surface area contributed by atoms with E-state index in [0.29, 0.717) is 30.0 Å². The molecule has 35 heavy (non-hydrogen) atoms. The molecule has 2 aliphatic rings. The van der Waals surface area contributed by atoms with Crippen LogP contribution in [-0.4, -0.2) is 43.5 Å². The van der Waals surface area contributed by atoms with E-state index in [9.17, 15) is 14.0 Å². The summed E-state index contributed by atoms with van der Waals surface area (Å²) in [6.45, 7) is 1.72. The first-order valence-electron chi connectivity index (χ1n) is 12.1. The van der Waals surface area contributed by atoms with Crippen LogP contribution >= 0.6 is 0 Å². The Morgan fingerprint density at radius 2 is 1.80 bits per heavy atom. The molecule has 3 aromatic heterocycles. The molecular formula is C24H31FN8O2. The lowest BCUT2D eigenvalue weighted by Crippen LogP contribution is -2.24. The summed E-state index contributed by atoms with van der Waals surface area (Å²) in [7, 11) is 0. The molecule has 2 fully saturated rings. The van der Waals surface area contributed by atoms with Crippen molar-refractivity contribution in [3.05, 3.63) is 42.2 Å². The second-order valence-corrected chi connectivity index (χ2v) is 8.85. The largest absolute Gasteiger partial charge is 0.379 e. The van der Waals surface area contributed by atoms with Crippen LogP contribution in [0.3, 0.4) is 0 Å². The van der Waals surface area contributed by atoms with Gasteiger partial charge >= 0.3 is 0 Å². The molecule has 0 saturated heterocycles. The Bertz CT molecular complexity index is 1190. The number of amides is 2. The van der Waals surface area contributed by atoms with Crippen molar-refractivity contribution in [2.24, 2.45) is 5.73 Å². The molecule has 0 spiro atoms. The minimum Gasteiger partial charge on any atom is -0.379 e. The van der Waals surface area contributed by atoms with Crippen LogP contribution < -0.4 is 21.7 Å². The molecule has 0 unspecified atom stereocenters. The Hall–Kier alpha value is -3.76. The number of fused-ring (bicyclic) bond motifs is 1. The zero-order valence-corrected chi connectivity index (χ0v) is 19.8. The van der Waals surface area contributed by atoms with Crippen LogP contribution in [0.15, 0.2) is 30.7 Å². The number of hydrogen-bond acceptors (Lipinski definition) is 7. The number of anilines is 3. The first-order chi connectivity index (χ1) is 16.9. The lowest BCUT2D eigenvalue weighted by molar-refractivity contribution is -0.117. The molecule has 10 nitrogen and oxygen atoms in total. The highest BCUT2D eigenvalue weighted by molar-refractivity contribution is 6.03. The zero-order chi connectivity index (χ0) is 24.8. The summed E-state index contributed by atoms with van der Waals surface area (Å²) in [6, 6.07) is 4.20. The predicted octanol–water partition coefficient (Wildman–Crippen LogP) is 3.72. The molecule has 5 N–H and O–H groups in total. The zero-order valence-electron chi connectivity index (χ0n) is 19.8. The van der Waals surface area contributed by atoms with E-state index < -0.39 is 11.7 Å². The van der Waals surface area contributed by atoms with Crippen molar-refractivity contribution in [3.8, 4) is 0 Å². The van der Waals surface area contributed by atoms with Gasteiger partial charge in [0.2, 0.25) is 5.91 Å². The number of carbonyl (C=O) groups is 2. The fourth-order valence-electron chi connectivity index (χ4n) is 3.87. The van der Waals surface area contributed by atoms with Crippen molar-refractivity contribution in [3.63, 3.8) is 0 Å². The van der Waals surface area contributed by atoms with Crippen molar-refractivity contribution in [2.45, 2.75) is 70.4 Å². The maximum atomic E-state index is 13.9. The van der Waals surface area contributed by atoms with Crippen molar-refractivity contribution in [1.29, 1.82) is 0 Å². The number of halogens is 1. The highest BCUT2D eigenvalue weighted by atomic mass is 19.1. The van der Waals surface area contributed by atoms with Gasteiger partial charge in [0.05, 0.1) is 23.8 Å². The summed E-state index contributed by atoms with van der Waals surface area (Å²) in [5.41, 5.74) is 6.39. The van der Waals surface area contributed by atoms with E-state index in [2.05, 4.69) is 36.8 Å². The number of aromatic nitrogens is 4. The minimum atomic E-state index is -0.594. The normalized spacial score (nSPS) is 15.7. The van der Waals surface area contributed by atoms with Crippen LogP contribution in [0.5, 0.6) is 0 Å². The number of nitrogens with two attached hydrogens (primary N) is 1. The Morgan fingerprint density at radius 3 is 2.46 bits per heavy atom. The average molecular weight is 483 g/mol. The molecular weight excluding hydrogens is 451 g/mol. The summed E-state index contributed by atoms with van der Waals surface area (Å²) in [4.78, 5) is 30.6. The lowest BCUT2D eigenvalue weighted by Gasteiger charge is -2.23. The number of hydrogen-bond donors (Lipinski definition) is 4. The maximum Gasteiger partial charge on any atom is 0.276 e. The first kappa shape index (κ1) is 24.4. The molecule has 3 aromatic rings. The highest BCUT2D eigenvalue weighted by Gasteiger charge is 2.25. The molecule has 0 radical (unpaired) electrons. The molecule has 0 atom stereocenters. The minimum absolute atomic E-state index is 0.0674. The summed E-state index contributed by atoms with van der Waals surface area (Å²) < 4.78 is 15.4. The Kier molecular flexibility index (Phi) is 7.74. The van der Waals surface area contributed by atoms with Crippen LogP contribution in [0.4, 0.5) is 21.6 Å². The molecule has 2 saturated carbocycles. The van der Waals surface area contributed by atoms with E-state index in [1.165, 1.54) is 42.2 Å². The van der Waals surface area contributed by atoms with Crippen LogP contribution in [0.25, 0.3) is 5.65 Å². The van der Waals surface area contributed by atoms with Gasteiger partial charge in [-0.3, -0.25) is 14.6 Å². The number of rotatable bonds is 7. The van der Waals surface area contributed by atoms with Gasteiger partial charge in [0.25, 0.3) is 5.91 Å². The smallest absolute Gasteiger partial charge is 0.276 e. The second kappa shape index (κ2) is 11.1. The number of primary amides is 1. The van der Waals surface area contributed by atoms with Crippen LogP contribution in [0, 0.1) is 5.82 Å². The second-order valence-electron chi connectivity index (χ2n) is 8.85. The van der Waals surface area contributed by atoms with Crippen molar-refractivity contribution < 1.29 is 14.0 Å². The third-order valence-electron chi connectivity index (χ3n) is 5.96. The standard InChI is InChI=1S/C21H24FN7O.C3H7NO/c22-15-11-23-9-8-16(15)27-21(30)18-12-24-20-17(25-14-6-7-14)10-19(28-29(18)20)26-13-4-2-1-3-5-13;1-2-3(4)5/h8-14,25H,1-7H2,(H,26,28)(H,23,27,30);2H2,1H3,(H2,4,5). The average Bonchev–Trinajstić information content (AvgIpc) is 3.56. The number of nitrogens with zero attached hydrogens (tertiary/aromatic N) is 4. The molecule has 11 heteroatoms. The van der Waals surface area contributed by atoms with Crippen molar-refractivity contribution in [1.82, 2.24) is 19.6 Å². The van der Waals surface area contributed by atoms with Crippen LogP contribution in [0.1, 0.15) is 68.8 Å². The van der Waals surface area contributed by atoms with Gasteiger partial charge in [0.1, 0.15) is 5.82 Å². The number of carbonyl (C=O) groups excluding carboxylic acids is 2. The Labute approximate surface area is 202 Å². The topological polar surface area (TPSA) is 139 Å². The van der Waals surface area contributed by atoms with Gasteiger partial charge in [-0.15, -0.1) is 5.10 Å². The van der Waals surface area contributed by atoms with Gasteiger partial charge in [-0.1, -0.05) is 26.2 Å². The maximum absolute atomic E-state index is 13.9. The van der Waals surface area contributed by atoms with E-state index in [1.54, 1.807) is 6.92 Å². The third kappa shape index (κ3) is 6.43. The third-order valence-corrected chi connectivity index (χ3v) is 5.96. The fourth-order valence-corrected chi connectivity index (χ4v) is 3.87. The van der Waals surface area contributed by atoms with Gasteiger partial charge in [0.15, 0.2) is 17.2 Å². The van der Waals surface area contributed by atoms with Gasteiger partial charge in [0, 0.05) is 30.8 Å². The van der Waals surface area contributed by atoms with Gasteiger partial charge in [-0.2, -0.15) is 0 Å². The van der Waals surface area contributed by atoms with E-state index in [-0.39, 0.29) is 17.3 Å². The summed E-state index contributed by atoms with van der Waals surface area (Å²) in [5.74, 6) is -0.611. The summed E-state index contributed by atoms with van der Waals surface area (Å²) in [5, 5.41) is 14.2. The first-order valence-corrected chi connectivity index (χ1v) is 12.1. The van der Waals surface area contributed by atoms with E-state index in [0.717, 1.165) is 37.6 Å². The molecule has 3 heterocycles. The predicted molar refractivity (Wildman–Crippen MR) is 132 cm³/mol. The lowest BCUT2D eigenvalue weighted by atomic mass is 9.95. The molecule has 5 rings (SSSR count). The van der Waals surface area contributed by atoms with Crippen LogP contribution in [0.2, 0.25) is 0 Å². The molecule has 0 bridgehead atoms. The number of imidazole rings is 1. The molecule has 186 valence electrons. The van der Waals surface area contributed by atoms with Crippen molar-refractivity contribution in [2.75, 3.05) is 16.0 Å². The van der Waals surface area contributed by atoms with Gasteiger partial charge in [-0.05, 0) is 31.7 Å². The Morgan fingerprint density at radius 1 is 1.09 bits per heavy atom. The van der Waals surface area contributed by atoms with Crippen LogP contribution in [-0.2, 0) is 4.79 Å². The van der Waals surface area contributed by atoms with E-state index in [4.69, 9.17) is 0 Å². The highest BCUT2D eigenvalue weighted by Crippen LogP contribution is 2.29. The quantitative estimate of drug-likeness (QED) is 0.402. The fraction of sp³-hybridized carbons (Fsp3) is 0.458. The van der Waals surface area contributed by atoms with Crippen molar-refractivity contribution >= 4 is 34.7 Å². The van der Waals surface area contributed by atoms with Gasteiger partial charge in [-0.25, -0.2) is 13.9 Å². The summed E-state index contributed by atoms with van der Waals surface area (Å²) >= 11 is 0. The van der Waals surface area contributed by atoms with E-state index in [1.807, 2.05) is 6.07 Å². The molecule has 2 amide bonds.